The van der Waals surface area contributed by atoms with E-state index in [1.165, 1.54) is 0 Å². The first-order valence-electron chi connectivity index (χ1n) is 6.14. The van der Waals surface area contributed by atoms with Crippen molar-refractivity contribution in [2.45, 2.75) is 26.9 Å². The summed E-state index contributed by atoms with van der Waals surface area (Å²) < 4.78 is 5.78. The van der Waals surface area contributed by atoms with Crippen LogP contribution in [0, 0.1) is 5.92 Å². The van der Waals surface area contributed by atoms with E-state index >= 15 is 0 Å². The lowest BCUT2D eigenvalue weighted by Crippen LogP contribution is -2.47. The van der Waals surface area contributed by atoms with Crippen LogP contribution < -0.4 is 0 Å². The van der Waals surface area contributed by atoms with Crippen molar-refractivity contribution in [3.8, 4) is 0 Å². The zero-order chi connectivity index (χ0) is 11.3. The van der Waals surface area contributed by atoms with Gasteiger partial charge in [-0.25, -0.2) is 0 Å². The summed E-state index contributed by atoms with van der Waals surface area (Å²) in [6, 6.07) is 0. The van der Waals surface area contributed by atoms with Crippen molar-refractivity contribution in [2.24, 2.45) is 5.92 Å². The van der Waals surface area contributed by atoms with Gasteiger partial charge in [0.2, 0.25) is 0 Å². The molecule has 1 rings (SSSR count). The van der Waals surface area contributed by atoms with E-state index in [1.807, 2.05) is 0 Å². The molecule has 0 bridgehead atoms. The molecular formula is C12H26N2O. The van der Waals surface area contributed by atoms with Crippen molar-refractivity contribution in [3.63, 3.8) is 0 Å². The van der Waals surface area contributed by atoms with E-state index in [9.17, 15) is 0 Å². The fourth-order valence-electron chi connectivity index (χ4n) is 2.22. The first-order valence-corrected chi connectivity index (χ1v) is 6.14. The van der Waals surface area contributed by atoms with E-state index in [2.05, 4.69) is 37.6 Å². The zero-order valence-corrected chi connectivity index (χ0v) is 10.7. The topological polar surface area (TPSA) is 15.7 Å². The number of ether oxygens (including phenoxy) is 1. The maximum atomic E-state index is 5.78. The first kappa shape index (κ1) is 12.9. The Morgan fingerprint density at radius 2 is 2.20 bits per heavy atom. The number of likely N-dealkylation sites (N-methyl/N-ethyl adjacent to an activating group) is 2. The average Bonchev–Trinajstić information content (AvgIpc) is 2.16. The Morgan fingerprint density at radius 3 is 2.80 bits per heavy atom. The van der Waals surface area contributed by atoms with Crippen molar-refractivity contribution >= 4 is 0 Å². The summed E-state index contributed by atoms with van der Waals surface area (Å²) in [6.45, 7) is 13.2. The zero-order valence-electron chi connectivity index (χ0n) is 10.7. The van der Waals surface area contributed by atoms with Gasteiger partial charge in [-0.1, -0.05) is 20.8 Å². The molecule has 0 spiro atoms. The van der Waals surface area contributed by atoms with Crippen LogP contribution in [0.2, 0.25) is 0 Å². The maximum Gasteiger partial charge on any atom is 0.0829 e. The van der Waals surface area contributed by atoms with Gasteiger partial charge in [-0.15, -0.1) is 0 Å². The number of rotatable bonds is 5. The lowest BCUT2D eigenvalue weighted by atomic mass is 10.2. The van der Waals surface area contributed by atoms with E-state index in [-0.39, 0.29) is 0 Å². The summed E-state index contributed by atoms with van der Waals surface area (Å²) in [7, 11) is 2.19. The second-order valence-electron chi connectivity index (χ2n) is 5.00. The van der Waals surface area contributed by atoms with Crippen molar-refractivity contribution in [2.75, 3.05) is 46.4 Å². The highest BCUT2D eigenvalue weighted by atomic mass is 16.5. The second-order valence-corrected chi connectivity index (χ2v) is 5.00. The predicted octanol–water partition coefficient (Wildman–Crippen LogP) is 1.29. The smallest absolute Gasteiger partial charge is 0.0829 e. The second kappa shape index (κ2) is 6.46. The van der Waals surface area contributed by atoms with E-state index in [1.54, 1.807) is 0 Å². The van der Waals surface area contributed by atoms with Crippen LogP contribution in [0.1, 0.15) is 20.8 Å². The standard InChI is InChI=1S/C12H26N2O/c1-5-14-6-7-15-12(10-14)9-13(4)8-11(2)3/h11-12H,5-10H2,1-4H3/t12-/m0/s1. The minimum absolute atomic E-state index is 0.405. The number of morpholine rings is 1. The van der Waals surface area contributed by atoms with E-state index < -0.39 is 0 Å². The Labute approximate surface area is 94.4 Å². The quantitative estimate of drug-likeness (QED) is 0.686. The number of hydrogen-bond acceptors (Lipinski definition) is 3. The molecule has 0 amide bonds. The molecule has 0 aromatic rings. The van der Waals surface area contributed by atoms with Crippen molar-refractivity contribution in [1.29, 1.82) is 0 Å². The van der Waals surface area contributed by atoms with Gasteiger partial charge in [0.1, 0.15) is 0 Å². The molecular weight excluding hydrogens is 188 g/mol. The van der Waals surface area contributed by atoms with Gasteiger partial charge < -0.3 is 9.64 Å². The summed E-state index contributed by atoms with van der Waals surface area (Å²) in [6.07, 6.45) is 0.405. The van der Waals surface area contributed by atoms with Gasteiger partial charge in [-0.2, -0.15) is 0 Å². The third-order valence-electron chi connectivity index (χ3n) is 2.86. The predicted molar refractivity (Wildman–Crippen MR) is 64.2 cm³/mol. The van der Waals surface area contributed by atoms with Gasteiger partial charge >= 0.3 is 0 Å². The summed E-state index contributed by atoms with van der Waals surface area (Å²) in [5.41, 5.74) is 0. The number of nitrogens with zero attached hydrogens (tertiary/aromatic N) is 2. The lowest BCUT2D eigenvalue weighted by molar-refractivity contribution is -0.0397. The summed E-state index contributed by atoms with van der Waals surface area (Å²) in [5.74, 6) is 0.737. The van der Waals surface area contributed by atoms with Crippen molar-refractivity contribution in [3.05, 3.63) is 0 Å². The molecule has 15 heavy (non-hydrogen) atoms. The molecule has 0 aromatic heterocycles. The Morgan fingerprint density at radius 1 is 1.47 bits per heavy atom. The molecule has 0 N–H and O–H groups in total. The third kappa shape index (κ3) is 4.96. The largest absolute Gasteiger partial charge is 0.374 e. The molecule has 0 radical (unpaired) electrons. The molecule has 0 saturated carbocycles. The highest BCUT2D eigenvalue weighted by molar-refractivity contribution is 4.73. The normalized spacial score (nSPS) is 24.0. The Bertz CT molecular complexity index is 173. The molecule has 0 unspecified atom stereocenters. The molecule has 0 aromatic carbocycles. The SMILES string of the molecule is CCN1CCO[C@@H](CN(C)CC(C)C)C1. The Kier molecular flexibility index (Phi) is 5.58. The van der Waals surface area contributed by atoms with Gasteiger partial charge in [0.15, 0.2) is 0 Å². The Balaban J connectivity index is 2.25. The van der Waals surface area contributed by atoms with Crippen LogP contribution in [0.25, 0.3) is 0 Å². The molecule has 1 heterocycles. The molecule has 90 valence electrons. The molecule has 1 aliphatic heterocycles. The number of hydrogen-bond donors (Lipinski definition) is 0. The van der Waals surface area contributed by atoms with Gasteiger partial charge in [-0.05, 0) is 19.5 Å². The maximum absolute atomic E-state index is 5.78. The van der Waals surface area contributed by atoms with Gasteiger partial charge in [0, 0.05) is 26.2 Å². The fraction of sp³-hybridized carbons (Fsp3) is 1.00. The molecule has 1 atom stereocenters. The minimum atomic E-state index is 0.405. The summed E-state index contributed by atoms with van der Waals surface area (Å²) in [5, 5.41) is 0. The molecule has 3 heteroatoms. The lowest BCUT2D eigenvalue weighted by Gasteiger charge is -2.34. The molecule has 1 saturated heterocycles. The summed E-state index contributed by atoms with van der Waals surface area (Å²) >= 11 is 0. The molecule has 1 fully saturated rings. The van der Waals surface area contributed by atoms with Gasteiger partial charge in [-0.3, -0.25) is 4.90 Å². The van der Waals surface area contributed by atoms with E-state index in [4.69, 9.17) is 4.74 Å². The van der Waals surface area contributed by atoms with Crippen LogP contribution in [-0.4, -0.2) is 62.3 Å². The first-order chi connectivity index (χ1) is 7.11. The fourth-order valence-corrected chi connectivity index (χ4v) is 2.22. The highest BCUT2D eigenvalue weighted by Crippen LogP contribution is 2.07. The van der Waals surface area contributed by atoms with Crippen LogP contribution >= 0.6 is 0 Å². The van der Waals surface area contributed by atoms with Crippen molar-refractivity contribution in [1.82, 2.24) is 9.80 Å². The third-order valence-corrected chi connectivity index (χ3v) is 2.86. The van der Waals surface area contributed by atoms with Crippen LogP contribution in [0.4, 0.5) is 0 Å². The molecule has 3 nitrogen and oxygen atoms in total. The molecule has 0 aliphatic carbocycles. The van der Waals surface area contributed by atoms with E-state index in [0.717, 1.165) is 45.2 Å². The van der Waals surface area contributed by atoms with Crippen LogP contribution in [-0.2, 0) is 4.74 Å². The Hall–Kier alpha value is -0.120. The van der Waals surface area contributed by atoms with Crippen molar-refractivity contribution < 1.29 is 4.74 Å². The monoisotopic (exact) mass is 214 g/mol. The summed E-state index contributed by atoms with van der Waals surface area (Å²) in [4.78, 5) is 4.85. The minimum Gasteiger partial charge on any atom is -0.374 e. The van der Waals surface area contributed by atoms with E-state index in [0.29, 0.717) is 6.10 Å². The van der Waals surface area contributed by atoms with Crippen LogP contribution in [0.3, 0.4) is 0 Å². The highest BCUT2D eigenvalue weighted by Gasteiger charge is 2.20. The molecule has 1 aliphatic rings. The van der Waals surface area contributed by atoms with Crippen LogP contribution in [0.15, 0.2) is 0 Å². The van der Waals surface area contributed by atoms with Crippen LogP contribution in [0.5, 0.6) is 0 Å². The van der Waals surface area contributed by atoms with Gasteiger partial charge in [0.05, 0.1) is 12.7 Å². The average molecular weight is 214 g/mol. The van der Waals surface area contributed by atoms with Gasteiger partial charge in [0.25, 0.3) is 0 Å².